The predicted molar refractivity (Wildman–Crippen MR) is 85.9 cm³/mol. The van der Waals surface area contributed by atoms with Gasteiger partial charge in [-0.2, -0.15) is 13.2 Å². The van der Waals surface area contributed by atoms with Crippen molar-refractivity contribution in [2.75, 3.05) is 18.4 Å². The minimum absolute atomic E-state index is 0.0111. The molecule has 1 fully saturated rings. The van der Waals surface area contributed by atoms with Crippen molar-refractivity contribution in [1.29, 1.82) is 0 Å². The normalized spacial score (nSPS) is 19.1. The van der Waals surface area contributed by atoms with E-state index >= 15 is 0 Å². The van der Waals surface area contributed by atoms with Crippen LogP contribution in [-0.4, -0.2) is 35.7 Å². The monoisotopic (exact) mass is 344 g/mol. The molecular formula is C17H23F3N2O2. The van der Waals surface area contributed by atoms with Crippen LogP contribution in [0, 0.1) is 0 Å². The molecule has 0 bridgehead atoms. The third-order valence-corrected chi connectivity index (χ3v) is 3.66. The highest BCUT2D eigenvalue weighted by atomic mass is 19.4. The van der Waals surface area contributed by atoms with Gasteiger partial charge in [-0.1, -0.05) is 0 Å². The molecule has 2 rings (SSSR count). The Labute approximate surface area is 140 Å². The van der Waals surface area contributed by atoms with Gasteiger partial charge >= 0.3 is 12.3 Å². The minimum Gasteiger partial charge on any atom is -0.444 e. The second-order valence-corrected chi connectivity index (χ2v) is 6.98. The number of amides is 1. The van der Waals surface area contributed by atoms with Crippen molar-refractivity contribution in [3.05, 3.63) is 29.8 Å². The molecule has 0 radical (unpaired) electrons. The van der Waals surface area contributed by atoms with Crippen molar-refractivity contribution >= 4 is 11.8 Å². The van der Waals surface area contributed by atoms with Gasteiger partial charge in [-0.25, -0.2) is 4.79 Å². The summed E-state index contributed by atoms with van der Waals surface area (Å²) in [6.45, 7) is 6.53. The molecule has 0 unspecified atom stereocenters. The lowest BCUT2D eigenvalue weighted by Crippen LogP contribution is -2.46. The van der Waals surface area contributed by atoms with Crippen molar-refractivity contribution in [2.24, 2.45) is 0 Å². The lowest BCUT2D eigenvalue weighted by Gasteiger charge is -2.34. The molecular weight excluding hydrogens is 321 g/mol. The summed E-state index contributed by atoms with van der Waals surface area (Å²) in [7, 11) is 0. The summed E-state index contributed by atoms with van der Waals surface area (Å²) < 4.78 is 43.1. The smallest absolute Gasteiger partial charge is 0.416 e. The van der Waals surface area contributed by atoms with Gasteiger partial charge in [-0.15, -0.1) is 0 Å². The standard InChI is InChI=1S/C17H23F3N2O2/c1-16(2,3)24-15(23)22-10-4-5-14(11-22)21-13-8-6-12(7-9-13)17(18,19)20/h6-9,14,21H,4-5,10-11H2,1-3H3/t14-/m0/s1. The first kappa shape index (κ1) is 18.4. The van der Waals surface area contributed by atoms with Gasteiger partial charge in [-0.3, -0.25) is 0 Å². The first-order valence-electron chi connectivity index (χ1n) is 7.96. The summed E-state index contributed by atoms with van der Waals surface area (Å²) >= 11 is 0. The van der Waals surface area contributed by atoms with Gasteiger partial charge in [0.1, 0.15) is 5.60 Å². The Morgan fingerprint density at radius 1 is 1.21 bits per heavy atom. The summed E-state index contributed by atoms with van der Waals surface area (Å²) in [5.41, 5.74) is -0.614. The highest BCUT2D eigenvalue weighted by molar-refractivity contribution is 5.68. The van der Waals surface area contributed by atoms with Crippen molar-refractivity contribution < 1.29 is 22.7 Å². The van der Waals surface area contributed by atoms with Gasteiger partial charge in [0, 0.05) is 24.8 Å². The number of piperidine rings is 1. The maximum absolute atomic E-state index is 12.6. The van der Waals surface area contributed by atoms with Crippen molar-refractivity contribution in [2.45, 2.75) is 51.4 Å². The van der Waals surface area contributed by atoms with Crippen LogP contribution in [0.4, 0.5) is 23.7 Å². The van der Waals surface area contributed by atoms with Crippen LogP contribution in [-0.2, 0) is 10.9 Å². The number of nitrogens with zero attached hydrogens (tertiary/aromatic N) is 1. The van der Waals surface area contributed by atoms with Crippen LogP contribution in [0.3, 0.4) is 0 Å². The number of rotatable bonds is 2. The highest BCUT2D eigenvalue weighted by Gasteiger charge is 2.30. The molecule has 1 atom stereocenters. The van der Waals surface area contributed by atoms with Gasteiger partial charge in [0.25, 0.3) is 0 Å². The number of hydrogen-bond acceptors (Lipinski definition) is 3. The first-order chi connectivity index (χ1) is 11.0. The third-order valence-electron chi connectivity index (χ3n) is 3.66. The maximum atomic E-state index is 12.6. The molecule has 1 heterocycles. The van der Waals surface area contributed by atoms with Crippen LogP contribution in [0.25, 0.3) is 0 Å². The fourth-order valence-electron chi connectivity index (χ4n) is 2.58. The molecule has 1 aliphatic heterocycles. The number of nitrogens with one attached hydrogen (secondary N) is 1. The van der Waals surface area contributed by atoms with Crippen LogP contribution in [0.5, 0.6) is 0 Å². The summed E-state index contributed by atoms with van der Waals surface area (Å²) in [6, 6.07) is 4.92. The van der Waals surface area contributed by atoms with E-state index in [1.165, 1.54) is 12.1 Å². The lowest BCUT2D eigenvalue weighted by molar-refractivity contribution is -0.137. The predicted octanol–water partition coefficient (Wildman–Crippen LogP) is 4.52. The fraction of sp³-hybridized carbons (Fsp3) is 0.588. The molecule has 1 aromatic rings. The Morgan fingerprint density at radius 3 is 2.38 bits per heavy atom. The second kappa shape index (κ2) is 6.91. The van der Waals surface area contributed by atoms with Crippen LogP contribution >= 0.6 is 0 Å². The third kappa shape index (κ3) is 5.32. The Morgan fingerprint density at radius 2 is 1.83 bits per heavy atom. The van der Waals surface area contributed by atoms with Crippen molar-refractivity contribution in [3.63, 3.8) is 0 Å². The van der Waals surface area contributed by atoms with Crippen LogP contribution in [0.1, 0.15) is 39.2 Å². The Bertz CT molecular complexity index is 565. The summed E-state index contributed by atoms with van der Waals surface area (Å²) in [5, 5.41) is 3.19. The summed E-state index contributed by atoms with van der Waals surface area (Å²) in [6.07, 6.45) is -3.03. The Hall–Kier alpha value is -1.92. The van der Waals surface area contributed by atoms with E-state index in [9.17, 15) is 18.0 Å². The number of anilines is 1. The summed E-state index contributed by atoms with van der Waals surface area (Å²) in [5.74, 6) is 0. The Balaban J connectivity index is 1.94. The molecule has 0 aliphatic carbocycles. The molecule has 1 amide bonds. The zero-order valence-electron chi connectivity index (χ0n) is 14.1. The van der Waals surface area contributed by atoms with Crippen LogP contribution in [0.2, 0.25) is 0 Å². The quantitative estimate of drug-likeness (QED) is 0.858. The van der Waals surface area contributed by atoms with E-state index in [2.05, 4.69) is 5.32 Å². The fourth-order valence-corrected chi connectivity index (χ4v) is 2.58. The molecule has 1 N–H and O–H groups in total. The van der Waals surface area contributed by atoms with E-state index in [0.29, 0.717) is 18.8 Å². The van der Waals surface area contributed by atoms with Gasteiger partial charge in [-0.05, 0) is 57.9 Å². The Kier molecular flexibility index (Phi) is 5.30. The molecule has 0 spiro atoms. The molecule has 1 saturated heterocycles. The number of likely N-dealkylation sites (tertiary alicyclic amines) is 1. The number of hydrogen-bond donors (Lipinski definition) is 1. The van der Waals surface area contributed by atoms with Gasteiger partial charge in [0.15, 0.2) is 0 Å². The minimum atomic E-state index is -4.34. The molecule has 0 aromatic heterocycles. The van der Waals surface area contributed by atoms with E-state index in [4.69, 9.17) is 4.74 Å². The zero-order chi connectivity index (χ0) is 18.0. The van der Waals surface area contributed by atoms with Crippen molar-refractivity contribution in [3.8, 4) is 0 Å². The molecule has 24 heavy (non-hydrogen) atoms. The molecule has 134 valence electrons. The highest BCUT2D eigenvalue weighted by Crippen LogP contribution is 2.30. The molecule has 4 nitrogen and oxygen atoms in total. The molecule has 1 aliphatic rings. The summed E-state index contributed by atoms with van der Waals surface area (Å²) in [4.78, 5) is 13.8. The number of carbonyl (C=O) groups excluding carboxylic acids is 1. The number of carbonyl (C=O) groups is 1. The topological polar surface area (TPSA) is 41.6 Å². The first-order valence-corrected chi connectivity index (χ1v) is 7.96. The molecule has 0 saturated carbocycles. The van der Waals surface area contributed by atoms with Crippen LogP contribution in [0.15, 0.2) is 24.3 Å². The van der Waals surface area contributed by atoms with E-state index < -0.39 is 17.3 Å². The number of ether oxygens (including phenoxy) is 1. The number of halogens is 3. The molecule has 1 aromatic carbocycles. The van der Waals surface area contributed by atoms with Gasteiger partial charge in [0.2, 0.25) is 0 Å². The van der Waals surface area contributed by atoms with Gasteiger partial charge < -0.3 is 15.0 Å². The van der Waals surface area contributed by atoms with Crippen molar-refractivity contribution in [1.82, 2.24) is 4.90 Å². The van der Waals surface area contributed by atoms with E-state index in [0.717, 1.165) is 25.0 Å². The van der Waals surface area contributed by atoms with E-state index in [1.54, 1.807) is 4.90 Å². The van der Waals surface area contributed by atoms with Crippen LogP contribution < -0.4 is 5.32 Å². The maximum Gasteiger partial charge on any atom is 0.416 e. The second-order valence-electron chi connectivity index (χ2n) is 6.98. The largest absolute Gasteiger partial charge is 0.444 e. The number of alkyl halides is 3. The van der Waals surface area contributed by atoms with Gasteiger partial charge in [0.05, 0.1) is 5.56 Å². The average Bonchev–Trinajstić information content (AvgIpc) is 2.45. The van der Waals surface area contributed by atoms with E-state index in [-0.39, 0.29) is 12.1 Å². The lowest BCUT2D eigenvalue weighted by atomic mass is 10.1. The zero-order valence-corrected chi connectivity index (χ0v) is 14.1. The number of benzene rings is 1. The molecule has 7 heteroatoms. The van der Waals surface area contributed by atoms with E-state index in [1.807, 2.05) is 20.8 Å². The average molecular weight is 344 g/mol. The SMILES string of the molecule is CC(C)(C)OC(=O)N1CCC[C@H](Nc2ccc(C(F)(F)F)cc2)C1.